The third-order valence-corrected chi connectivity index (χ3v) is 10.9. The van der Waals surface area contributed by atoms with Gasteiger partial charge in [-0.2, -0.15) is 23.5 Å². The first-order chi connectivity index (χ1) is 30.0. The van der Waals surface area contributed by atoms with Crippen LogP contribution in [0.1, 0.15) is 43.2 Å². The average molecular weight is 915 g/mol. The molecule has 0 spiro atoms. The highest BCUT2D eigenvalue weighted by molar-refractivity contribution is 7.98. The highest BCUT2D eigenvalue weighted by Gasteiger charge is 2.34. The van der Waals surface area contributed by atoms with E-state index in [1.165, 1.54) is 23.5 Å². The molecule has 6 unspecified atom stereocenters. The molecule has 1 aromatic heterocycles. The second-order valence-electron chi connectivity index (χ2n) is 14.4. The van der Waals surface area contributed by atoms with Gasteiger partial charge in [-0.3, -0.25) is 38.4 Å². The minimum absolute atomic E-state index is 0.0101. The minimum Gasteiger partial charge on any atom is -0.481 e. The molecule has 342 valence electrons. The van der Waals surface area contributed by atoms with Crippen molar-refractivity contribution in [2.75, 3.05) is 30.6 Å². The molecule has 12 N–H and O–H groups in total. The van der Waals surface area contributed by atoms with Crippen molar-refractivity contribution in [3.8, 4) is 0 Å². The van der Waals surface area contributed by atoms with E-state index in [9.17, 15) is 53.4 Å². The van der Waals surface area contributed by atoms with Crippen LogP contribution in [-0.2, 0) is 56.0 Å². The quantitative estimate of drug-likeness (QED) is 0.0448. The number of amides is 6. The normalized spacial score (nSPS) is 13.8. The van der Waals surface area contributed by atoms with Gasteiger partial charge < -0.3 is 57.9 Å². The van der Waals surface area contributed by atoms with Gasteiger partial charge in [0.2, 0.25) is 35.4 Å². The zero-order chi connectivity index (χ0) is 46.5. The van der Waals surface area contributed by atoms with Crippen molar-refractivity contribution < 1.29 is 58.5 Å². The van der Waals surface area contributed by atoms with E-state index in [2.05, 4.69) is 36.9 Å². The number of aromatic amines is 1. The van der Waals surface area contributed by atoms with Gasteiger partial charge in [-0.25, -0.2) is 4.79 Å². The molecule has 6 atom stereocenters. The molecule has 20 nitrogen and oxygen atoms in total. The van der Waals surface area contributed by atoms with Gasteiger partial charge in [0.25, 0.3) is 0 Å². The molecule has 0 saturated carbocycles. The van der Waals surface area contributed by atoms with Gasteiger partial charge >= 0.3 is 17.9 Å². The van der Waals surface area contributed by atoms with Crippen LogP contribution in [0.5, 0.6) is 0 Å². The van der Waals surface area contributed by atoms with Gasteiger partial charge in [-0.05, 0) is 60.5 Å². The lowest BCUT2D eigenvalue weighted by molar-refractivity contribution is -0.144. The van der Waals surface area contributed by atoms with E-state index < -0.39 is 115 Å². The molecule has 2 aromatic carbocycles. The molecule has 0 fully saturated rings. The molecule has 0 bridgehead atoms. The summed E-state index contributed by atoms with van der Waals surface area (Å²) in [6.07, 6.45) is 3.34. The summed E-state index contributed by atoms with van der Waals surface area (Å²) in [7, 11) is 0. The van der Waals surface area contributed by atoms with Gasteiger partial charge in [0.1, 0.15) is 30.2 Å². The maximum absolute atomic E-state index is 14.1. The first-order valence-electron chi connectivity index (χ1n) is 19.8. The fraction of sp³-hybridized carbons (Fsp3) is 0.439. The van der Waals surface area contributed by atoms with Crippen LogP contribution in [0.15, 0.2) is 60.8 Å². The van der Waals surface area contributed by atoms with Gasteiger partial charge in [0.05, 0.1) is 19.0 Å². The molecular weight excluding hydrogens is 861 g/mol. The van der Waals surface area contributed by atoms with Crippen molar-refractivity contribution in [2.45, 2.75) is 81.2 Å². The van der Waals surface area contributed by atoms with E-state index in [1.54, 1.807) is 48.9 Å². The maximum Gasteiger partial charge on any atom is 0.326 e. The van der Waals surface area contributed by atoms with Crippen molar-refractivity contribution in [1.29, 1.82) is 0 Å². The van der Waals surface area contributed by atoms with Crippen molar-refractivity contribution in [3.63, 3.8) is 0 Å². The third-order valence-electron chi connectivity index (χ3n) is 9.58. The monoisotopic (exact) mass is 914 g/mol. The number of carboxylic acid groups (broad SMARTS) is 3. The van der Waals surface area contributed by atoms with Crippen LogP contribution in [0.2, 0.25) is 0 Å². The fourth-order valence-electron chi connectivity index (χ4n) is 6.21. The highest BCUT2D eigenvalue weighted by Crippen LogP contribution is 2.19. The number of para-hydroxylation sites is 1. The third kappa shape index (κ3) is 17.6. The molecule has 6 amide bonds. The summed E-state index contributed by atoms with van der Waals surface area (Å²) >= 11 is 2.83. The first-order valence-corrected chi connectivity index (χ1v) is 22.6. The first kappa shape index (κ1) is 51.2. The molecule has 0 radical (unpaired) electrons. The summed E-state index contributed by atoms with van der Waals surface area (Å²) in [5.41, 5.74) is 7.84. The Bertz CT molecular complexity index is 2070. The Morgan fingerprint density at radius 1 is 0.619 bits per heavy atom. The Morgan fingerprint density at radius 2 is 1.17 bits per heavy atom. The zero-order valence-electron chi connectivity index (χ0n) is 34.7. The summed E-state index contributed by atoms with van der Waals surface area (Å²) in [6, 6.07) is 6.96. The number of aromatic nitrogens is 1. The van der Waals surface area contributed by atoms with Crippen molar-refractivity contribution in [1.82, 2.24) is 36.9 Å². The topological polar surface area (TPSA) is 328 Å². The largest absolute Gasteiger partial charge is 0.481 e. The van der Waals surface area contributed by atoms with E-state index >= 15 is 0 Å². The lowest BCUT2D eigenvalue weighted by atomic mass is 10.0. The lowest BCUT2D eigenvalue weighted by Gasteiger charge is -2.26. The summed E-state index contributed by atoms with van der Waals surface area (Å²) in [4.78, 5) is 119. The molecule has 3 aromatic rings. The number of fused-ring (bicyclic) bond motifs is 1. The van der Waals surface area contributed by atoms with E-state index in [0.29, 0.717) is 29.1 Å². The predicted octanol–water partition coefficient (Wildman–Crippen LogP) is -0.249. The Hall–Kier alpha value is -6.13. The molecule has 0 saturated heterocycles. The molecule has 22 heteroatoms. The van der Waals surface area contributed by atoms with Crippen LogP contribution in [0.3, 0.4) is 0 Å². The van der Waals surface area contributed by atoms with Gasteiger partial charge in [-0.15, -0.1) is 0 Å². The molecule has 1 heterocycles. The smallest absolute Gasteiger partial charge is 0.326 e. The Morgan fingerprint density at radius 3 is 1.81 bits per heavy atom. The maximum atomic E-state index is 14.1. The number of thioether (sulfide) groups is 2. The predicted molar refractivity (Wildman–Crippen MR) is 236 cm³/mol. The summed E-state index contributed by atoms with van der Waals surface area (Å²) in [6.45, 7) is -0.506. The molecule has 63 heavy (non-hydrogen) atoms. The van der Waals surface area contributed by atoms with Crippen LogP contribution in [-0.4, -0.2) is 140 Å². The fourth-order valence-corrected chi connectivity index (χ4v) is 7.17. The molecule has 0 aliphatic heterocycles. The number of nitrogens with one attached hydrogen (secondary N) is 7. The number of benzene rings is 2. The number of carboxylic acids is 3. The minimum atomic E-state index is -1.82. The molecule has 0 aliphatic carbocycles. The number of hydrogen-bond donors (Lipinski definition) is 11. The van der Waals surface area contributed by atoms with Gasteiger partial charge in [-0.1, -0.05) is 48.5 Å². The number of H-pyrrole nitrogens is 1. The van der Waals surface area contributed by atoms with Crippen molar-refractivity contribution >= 4 is 87.8 Å². The van der Waals surface area contributed by atoms with Crippen LogP contribution >= 0.6 is 23.5 Å². The van der Waals surface area contributed by atoms with Gasteiger partial charge in [0, 0.05) is 36.4 Å². The number of aliphatic carboxylic acids is 3. The van der Waals surface area contributed by atoms with Crippen LogP contribution in [0.25, 0.3) is 10.9 Å². The van der Waals surface area contributed by atoms with Crippen molar-refractivity contribution in [3.05, 3.63) is 71.9 Å². The van der Waals surface area contributed by atoms with E-state index in [0.717, 1.165) is 10.9 Å². The Labute approximate surface area is 371 Å². The SMILES string of the molecule is CSCCC(N)C(=O)NCC(=O)NC(Cc1c[nH]c2ccccc12)C(=O)NC(CCSC)C(=O)NC(CC(=O)O)C(=O)NC(Cc1ccccc1)C(=O)NC(CCC(=O)O)C(=O)O. The van der Waals surface area contributed by atoms with Gasteiger partial charge in [0.15, 0.2) is 0 Å². The van der Waals surface area contributed by atoms with Crippen LogP contribution in [0.4, 0.5) is 0 Å². The zero-order valence-corrected chi connectivity index (χ0v) is 36.4. The van der Waals surface area contributed by atoms with Crippen LogP contribution < -0.4 is 37.6 Å². The summed E-state index contributed by atoms with van der Waals surface area (Å²) in [5.74, 6) is -8.62. The number of hydrogen-bond acceptors (Lipinski definition) is 12. The number of carbonyl (C=O) groups is 9. The van der Waals surface area contributed by atoms with Crippen LogP contribution in [0, 0.1) is 0 Å². The second kappa shape index (κ2) is 26.4. The Balaban J connectivity index is 1.86. The van der Waals surface area contributed by atoms with E-state index in [-0.39, 0.29) is 19.3 Å². The number of nitrogens with two attached hydrogens (primary N) is 1. The molecule has 3 rings (SSSR count). The average Bonchev–Trinajstić information content (AvgIpc) is 3.66. The van der Waals surface area contributed by atoms with Crippen molar-refractivity contribution in [2.24, 2.45) is 5.73 Å². The summed E-state index contributed by atoms with van der Waals surface area (Å²) in [5, 5.41) is 43.9. The molecular formula is C41H54N8O12S2. The number of carbonyl (C=O) groups excluding carboxylic acids is 6. The highest BCUT2D eigenvalue weighted by atomic mass is 32.2. The summed E-state index contributed by atoms with van der Waals surface area (Å²) < 4.78 is 0. The molecule has 0 aliphatic rings. The van der Waals surface area contributed by atoms with E-state index in [1.807, 2.05) is 24.5 Å². The second-order valence-corrected chi connectivity index (χ2v) is 16.3. The number of rotatable bonds is 28. The van der Waals surface area contributed by atoms with E-state index in [4.69, 9.17) is 10.8 Å². The standard InChI is InChI=1S/C41H54N8O12S2/c1-62-16-14-26(42)36(55)44-22-33(50)45-31(19-24-21-43-27-11-7-6-10-25(24)27)39(58)46-28(15-17-63-2)37(56)49-32(20-35(53)54)40(59)48-30(18-23-8-4-3-5-9-23)38(57)47-29(41(60)61)12-13-34(51)52/h3-11,21,26,28-32,43H,12-20,22,42H2,1-2H3,(H,44,55)(H,45,50)(H,46,58)(H,47,57)(H,48,59)(H,49,56)(H,51,52)(H,53,54)(H,60,61). The lowest BCUT2D eigenvalue weighted by Crippen LogP contribution is -2.60. The Kier molecular flexibility index (Phi) is 21.4.